The molecule has 18 heavy (non-hydrogen) atoms. The van der Waals surface area contributed by atoms with Gasteiger partial charge < -0.3 is 9.84 Å². The van der Waals surface area contributed by atoms with Crippen LogP contribution in [0.1, 0.15) is 25.3 Å². The molecule has 0 spiro atoms. The Morgan fingerprint density at radius 3 is 2.50 bits per heavy atom. The van der Waals surface area contributed by atoms with Crippen LogP contribution in [0.4, 0.5) is 0 Å². The topological polar surface area (TPSA) is 107 Å². The van der Waals surface area contributed by atoms with Gasteiger partial charge in [0.15, 0.2) is 6.61 Å². The average molecular weight is 273 g/mol. The summed E-state index contributed by atoms with van der Waals surface area (Å²) in [6.45, 7) is 3.21. The van der Waals surface area contributed by atoms with E-state index in [2.05, 4.69) is 0 Å². The molecule has 0 aromatic heterocycles. The number of hydrogen-bond acceptors (Lipinski definition) is 4. The van der Waals surface area contributed by atoms with E-state index in [1.165, 1.54) is 18.2 Å². The molecule has 0 aliphatic rings. The van der Waals surface area contributed by atoms with E-state index in [4.69, 9.17) is 15.0 Å². The Bertz CT molecular complexity index is 551. The van der Waals surface area contributed by atoms with Crippen LogP contribution in [0, 0.1) is 0 Å². The summed E-state index contributed by atoms with van der Waals surface area (Å²) < 4.78 is 27.5. The van der Waals surface area contributed by atoms with E-state index in [-0.39, 0.29) is 10.8 Å². The molecule has 3 N–H and O–H groups in total. The fraction of sp³-hybridized carbons (Fsp3) is 0.364. The third-order valence-electron chi connectivity index (χ3n) is 2.28. The van der Waals surface area contributed by atoms with Crippen molar-refractivity contribution < 1.29 is 23.1 Å². The summed E-state index contributed by atoms with van der Waals surface area (Å²) in [6.07, 6.45) is 0. The van der Waals surface area contributed by atoms with Crippen LogP contribution < -0.4 is 9.88 Å². The van der Waals surface area contributed by atoms with Crippen LogP contribution in [0.25, 0.3) is 0 Å². The van der Waals surface area contributed by atoms with Crippen molar-refractivity contribution in [1.82, 2.24) is 0 Å². The molecule has 0 amide bonds. The van der Waals surface area contributed by atoms with Crippen LogP contribution >= 0.6 is 0 Å². The first-order valence-electron chi connectivity index (χ1n) is 5.23. The SMILES string of the molecule is CC(C)c1cc(S(N)(=O)=O)ccc1OCC(=O)O. The van der Waals surface area contributed by atoms with Gasteiger partial charge in [-0.25, -0.2) is 18.4 Å². The van der Waals surface area contributed by atoms with Crippen molar-refractivity contribution in [1.29, 1.82) is 0 Å². The van der Waals surface area contributed by atoms with E-state index in [9.17, 15) is 13.2 Å². The van der Waals surface area contributed by atoms with Gasteiger partial charge in [-0.2, -0.15) is 0 Å². The van der Waals surface area contributed by atoms with E-state index in [1.54, 1.807) is 0 Å². The van der Waals surface area contributed by atoms with Crippen LogP contribution in [0.2, 0.25) is 0 Å². The van der Waals surface area contributed by atoms with Crippen LogP contribution in [0.5, 0.6) is 5.75 Å². The average Bonchev–Trinajstić information content (AvgIpc) is 2.24. The Kier molecular flexibility index (Phi) is 4.31. The van der Waals surface area contributed by atoms with Crippen molar-refractivity contribution in [3.05, 3.63) is 23.8 Å². The lowest BCUT2D eigenvalue weighted by molar-refractivity contribution is -0.139. The summed E-state index contributed by atoms with van der Waals surface area (Å²) in [5.41, 5.74) is 0.600. The van der Waals surface area contributed by atoms with E-state index in [1.807, 2.05) is 13.8 Å². The molecule has 0 radical (unpaired) electrons. The van der Waals surface area contributed by atoms with E-state index in [0.29, 0.717) is 11.3 Å². The molecule has 1 rings (SSSR count). The maximum atomic E-state index is 11.2. The van der Waals surface area contributed by atoms with Gasteiger partial charge >= 0.3 is 5.97 Å². The van der Waals surface area contributed by atoms with Crippen molar-refractivity contribution in [2.45, 2.75) is 24.7 Å². The lowest BCUT2D eigenvalue weighted by atomic mass is 10.0. The predicted molar refractivity (Wildman–Crippen MR) is 65.0 cm³/mol. The summed E-state index contributed by atoms with van der Waals surface area (Å²) in [5, 5.41) is 13.6. The number of carboxylic acid groups (broad SMARTS) is 1. The zero-order valence-electron chi connectivity index (χ0n) is 10.1. The number of carbonyl (C=O) groups is 1. The molecule has 0 saturated carbocycles. The van der Waals surface area contributed by atoms with Gasteiger partial charge in [0.2, 0.25) is 10.0 Å². The fourth-order valence-corrected chi connectivity index (χ4v) is 1.97. The van der Waals surface area contributed by atoms with Gasteiger partial charge in [-0.3, -0.25) is 0 Å². The molecular formula is C11H15NO5S. The molecule has 1 aromatic carbocycles. The number of aliphatic carboxylic acids is 1. The van der Waals surface area contributed by atoms with Crippen LogP contribution in [-0.2, 0) is 14.8 Å². The van der Waals surface area contributed by atoms with Gasteiger partial charge in [0.1, 0.15) is 5.75 Å². The largest absolute Gasteiger partial charge is 0.482 e. The van der Waals surface area contributed by atoms with E-state index >= 15 is 0 Å². The molecule has 1 aromatic rings. The highest BCUT2D eigenvalue weighted by molar-refractivity contribution is 7.89. The Hall–Kier alpha value is -1.60. The van der Waals surface area contributed by atoms with Crippen molar-refractivity contribution in [3.63, 3.8) is 0 Å². The van der Waals surface area contributed by atoms with E-state index < -0.39 is 22.6 Å². The highest BCUT2D eigenvalue weighted by Crippen LogP contribution is 2.28. The molecular weight excluding hydrogens is 258 g/mol. The number of hydrogen-bond donors (Lipinski definition) is 2. The lowest BCUT2D eigenvalue weighted by Crippen LogP contribution is -2.14. The number of nitrogens with two attached hydrogens (primary N) is 1. The maximum Gasteiger partial charge on any atom is 0.341 e. The van der Waals surface area contributed by atoms with Crippen LogP contribution in [0.15, 0.2) is 23.1 Å². The molecule has 100 valence electrons. The Morgan fingerprint density at radius 2 is 2.06 bits per heavy atom. The molecule has 0 fully saturated rings. The lowest BCUT2D eigenvalue weighted by Gasteiger charge is -2.14. The first-order chi connectivity index (χ1) is 8.21. The highest BCUT2D eigenvalue weighted by atomic mass is 32.2. The molecule has 0 bridgehead atoms. The normalized spacial score (nSPS) is 11.6. The Balaban J connectivity index is 3.17. The molecule has 0 atom stereocenters. The molecule has 0 aliphatic carbocycles. The zero-order valence-corrected chi connectivity index (χ0v) is 10.9. The predicted octanol–water partition coefficient (Wildman–Crippen LogP) is 0.921. The minimum atomic E-state index is -3.78. The van der Waals surface area contributed by atoms with Gasteiger partial charge in [-0.15, -0.1) is 0 Å². The number of sulfonamides is 1. The highest BCUT2D eigenvalue weighted by Gasteiger charge is 2.15. The van der Waals surface area contributed by atoms with Crippen LogP contribution in [0.3, 0.4) is 0 Å². The first kappa shape index (κ1) is 14.5. The second-order valence-corrected chi connectivity index (χ2v) is 5.64. The van der Waals surface area contributed by atoms with Crippen molar-refractivity contribution in [2.75, 3.05) is 6.61 Å². The number of rotatable bonds is 5. The Morgan fingerprint density at radius 1 is 1.44 bits per heavy atom. The molecule has 0 unspecified atom stereocenters. The minimum absolute atomic E-state index is 0.0181. The quantitative estimate of drug-likeness (QED) is 0.829. The van der Waals surface area contributed by atoms with Gasteiger partial charge in [0.05, 0.1) is 4.90 Å². The molecule has 0 saturated heterocycles. The summed E-state index contributed by atoms with van der Waals surface area (Å²) in [7, 11) is -3.78. The summed E-state index contributed by atoms with van der Waals surface area (Å²) in [6, 6.07) is 4.10. The van der Waals surface area contributed by atoms with Gasteiger partial charge in [-0.05, 0) is 29.7 Å². The molecule has 0 aliphatic heterocycles. The van der Waals surface area contributed by atoms with Gasteiger partial charge in [-0.1, -0.05) is 13.8 Å². The monoisotopic (exact) mass is 273 g/mol. The third kappa shape index (κ3) is 3.71. The smallest absolute Gasteiger partial charge is 0.341 e. The minimum Gasteiger partial charge on any atom is -0.482 e. The van der Waals surface area contributed by atoms with E-state index in [0.717, 1.165) is 0 Å². The number of carboxylic acids is 1. The second kappa shape index (κ2) is 5.36. The van der Waals surface area contributed by atoms with Crippen LogP contribution in [-0.4, -0.2) is 26.1 Å². The Labute approximate surface area is 105 Å². The van der Waals surface area contributed by atoms with Gasteiger partial charge in [0, 0.05) is 0 Å². The maximum absolute atomic E-state index is 11.2. The van der Waals surface area contributed by atoms with Crippen molar-refractivity contribution in [3.8, 4) is 5.75 Å². The zero-order chi connectivity index (χ0) is 13.9. The molecule has 0 heterocycles. The van der Waals surface area contributed by atoms with Crippen molar-refractivity contribution >= 4 is 16.0 Å². The summed E-state index contributed by atoms with van der Waals surface area (Å²) >= 11 is 0. The standard InChI is InChI=1S/C11H15NO5S/c1-7(2)9-5-8(18(12,15)16)3-4-10(9)17-6-11(13)14/h3-5,7H,6H2,1-2H3,(H,13,14)(H2,12,15,16). The van der Waals surface area contributed by atoms with Crippen molar-refractivity contribution in [2.24, 2.45) is 5.14 Å². The second-order valence-electron chi connectivity index (χ2n) is 4.08. The number of benzene rings is 1. The van der Waals surface area contributed by atoms with Gasteiger partial charge in [0.25, 0.3) is 0 Å². The third-order valence-corrected chi connectivity index (χ3v) is 3.19. The molecule has 7 heteroatoms. The summed E-state index contributed by atoms with van der Waals surface area (Å²) in [4.78, 5) is 10.4. The number of ether oxygens (including phenoxy) is 1. The first-order valence-corrected chi connectivity index (χ1v) is 6.77. The number of primary sulfonamides is 1. The summed E-state index contributed by atoms with van der Waals surface area (Å²) in [5.74, 6) is -0.768. The molecule has 6 nitrogen and oxygen atoms in total. The fourth-order valence-electron chi connectivity index (χ4n) is 1.43.